The summed E-state index contributed by atoms with van der Waals surface area (Å²) in [4.78, 5) is 12.3. The summed E-state index contributed by atoms with van der Waals surface area (Å²) in [6.45, 7) is 0. The number of hydrogen-bond donors (Lipinski definition) is 2. The molecule has 3 N–H and O–H groups in total. The van der Waals surface area contributed by atoms with E-state index in [-0.39, 0.29) is 5.25 Å². The van der Waals surface area contributed by atoms with E-state index in [1.54, 1.807) is 0 Å². The van der Waals surface area contributed by atoms with Crippen molar-refractivity contribution in [3.8, 4) is 0 Å². The van der Waals surface area contributed by atoms with Crippen molar-refractivity contribution in [2.75, 3.05) is 5.32 Å². The molecule has 5 nitrogen and oxygen atoms in total. The summed E-state index contributed by atoms with van der Waals surface area (Å²) in [6, 6.07) is 1.77. The number of anilines is 1. The molecule has 0 saturated heterocycles. The Kier molecular flexibility index (Phi) is 3.69. The van der Waals surface area contributed by atoms with Gasteiger partial charge in [0, 0.05) is 5.69 Å². The fourth-order valence-corrected chi connectivity index (χ4v) is 5.47. The van der Waals surface area contributed by atoms with Crippen molar-refractivity contribution >= 4 is 21.6 Å². The van der Waals surface area contributed by atoms with E-state index in [9.17, 15) is 9.00 Å². The van der Waals surface area contributed by atoms with Crippen LogP contribution < -0.4 is 10.5 Å². The van der Waals surface area contributed by atoms with Crippen molar-refractivity contribution in [2.24, 2.45) is 9.50 Å². The maximum absolute atomic E-state index is 12.4. The van der Waals surface area contributed by atoms with Gasteiger partial charge in [-0.1, -0.05) is 12.5 Å². The molecule has 23 heavy (non-hydrogen) atoms. The number of nitrogens with zero attached hydrogens (tertiary/aromatic N) is 1. The van der Waals surface area contributed by atoms with Crippen LogP contribution >= 0.6 is 0 Å². The summed E-state index contributed by atoms with van der Waals surface area (Å²) in [7, 11) is -2.91. The number of amides is 2. The molecule has 2 amide bonds. The van der Waals surface area contributed by atoms with Gasteiger partial charge in [-0.2, -0.15) is 0 Å². The Hall–Kier alpha value is -1.40. The molecular formula is C17H23N3O2S. The van der Waals surface area contributed by atoms with Gasteiger partial charge in [-0.05, 0) is 73.6 Å². The molecule has 3 aliphatic carbocycles. The number of carbonyl (C=O) groups excluding carboxylic acids is 1. The maximum Gasteiger partial charge on any atom is 0.354 e. The van der Waals surface area contributed by atoms with E-state index in [1.807, 2.05) is 0 Å². The molecule has 0 aromatic heterocycles. The number of rotatable bonds is 2. The van der Waals surface area contributed by atoms with Crippen molar-refractivity contribution in [2.45, 2.75) is 63.0 Å². The third-order valence-electron chi connectivity index (χ3n) is 5.46. The average molecular weight is 333 g/mol. The van der Waals surface area contributed by atoms with Gasteiger partial charge in [-0.3, -0.25) is 0 Å². The van der Waals surface area contributed by atoms with E-state index in [0.29, 0.717) is 0 Å². The molecule has 124 valence electrons. The molecule has 4 rings (SSSR count). The fourth-order valence-electron chi connectivity index (χ4n) is 4.01. The summed E-state index contributed by atoms with van der Waals surface area (Å²) < 4.78 is 16.2. The number of hydrogen-bond acceptors (Lipinski definition) is 2. The lowest BCUT2D eigenvalue weighted by Gasteiger charge is -2.25. The number of urea groups is 1. The number of carbonyl (C=O) groups is 1. The second-order valence-electron chi connectivity index (χ2n) is 6.92. The minimum atomic E-state index is -2.91. The van der Waals surface area contributed by atoms with E-state index in [1.165, 1.54) is 22.3 Å². The molecule has 0 heterocycles. The van der Waals surface area contributed by atoms with E-state index in [2.05, 4.69) is 15.7 Å². The van der Waals surface area contributed by atoms with Crippen LogP contribution in [-0.4, -0.2) is 15.5 Å². The summed E-state index contributed by atoms with van der Waals surface area (Å²) in [5, 5.41) is 8.61. The van der Waals surface area contributed by atoms with Crippen LogP contribution in [0.25, 0.3) is 0 Å². The van der Waals surface area contributed by atoms with E-state index >= 15 is 0 Å². The number of aryl methyl sites for hydroxylation is 2. The molecule has 1 fully saturated rings. The predicted molar refractivity (Wildman–Crippen MR) is 91.9 cm³/mol. The Bertz CT molecular complexity index is 757. The molecule has 3 aliphatic rings. The van der Waals surface area contributed by atoms with Crippen LogP contribution in [0.15, 0.2) is 10.4 Å². The van der Waals surface area contributed by atoms with Gasteiger partial charge in [-0.15, -0.1) is 4.36 Å². The van der Waals surface area contributed by atoms with Crippen molar-refractivity contribution in [1.29, 1.82) is 0 Å². The van der Waals surface area contributed by atoms with Gasteiger partial charge in [0.2, 0.25) is 0 Å². The van der Waals surface area contributed by atoms with Crippen LogP contribution in [0.2, 0.25) is 0 Å². The molecule has 0 unspecified atom stereocenters. The summed E-state index contributed by atoms with van der Waals surface area (Å²) >= 11 is 0. The van der Waals surface area contributed by atoms with Crippen LogP contribution in [0.1, 0.15) is 54.4 Å². The minimum Gasteiger partial charge on any atom is -0.305 e. The van der Waals surface area contributed by atoms with E-state index < -0.39 is 15.9 Å². The Morgan fingerprint density at radius 1 is 1.09 bits per heavy atom. The van der Waals surface area contributed by atoms with Crippen molar-refractivity contribution in [3.05, 3.63) is 28.3 Å². The van der Waals surface area contributed by atoms with Crippen LogP contribution in [0.3, 0.4) is 0 Å². The molecule has 1 atom stereocenters. The van der Waals surface area contributed by atoms with Gasteiger partial charge in [0.1, 0.15) is 9.92 Å². The largest absolute Gasteiger partial charge is 0.354 e. The van der Waals surface area contributed by atoms with Gasteiger partial charge in [0.05, 0.1) is 5.25 Å². The normalized spacial score (nSPS) is 22.0. The van der Waals surface area contributed by atoms with E-state index in [0.717, 1.165) is 63.5 Å². The third kappa shape index (κ3) is 2.68. The summed E-state index contributed by atoms with van der Waals surface area (Å²) in [5.74, 6) is 0. The predicted octanol–water partition coefficient (Wildman–Crippen LogP) is 3.09. The Labute approximate surface area is 137 Å². The molecule has 0 bridgehead atoms. The highest BCUT2D eigenvalue weighted by molar-refractivity contribution is 7.92. The molecular weight excluding hydrogens is 310 g/mol. The van der Waals surface area contributed by atoms with E-state index in [4.69, 9.17) is 5.14 Å². The topological polar surface area (TPSA) is 84.6 Å². The summed E-state index contributed by atoms with van der Waals surface area (Å²) in [5.41, 5.74) is 6.15. The summed E-state index contributed by atoms with van der Waals surface area (Å²) in [6.07, 6.45) is 9.07. The average Bonchev–Trinajstić information content (AvgIpc) is 3.02. The molecule has 0 spiro atoms. The number of nitrogens with one attached hydrogen (secondary N) is 1. The van der Waals surface area contributed by atoms with Gasteiger partial charge in [-0.25, -0.2) is 14.1 Å². The molecule has 1 saturated carbocycles. The lowest BCUT2D eigenvalue weighted by Crippen LogP contribution is -2.35. The number of benzene rings is 1. The quantitative estimate of drug-likeness (QED) is 0.871. The van der Waals surface area contributed by atoms with Crippen LogP contribution in [0, 0.1) is 0 Å². The Morgan fingerprint density at radius 3 is 2.22 bits per heavy atom. The Morgan fingerprint density at radius 2 is 1.70 bits per heavy atom. The monoisotopic (exact) mass is 333 g/mol. The first-order chi connectivity index (χ1) is 11.0. The van der Waals surface area contributed by atoms with Gasteiger partial charge >= 0.3 is 6.03 Å². The lowest BCUT2D eigenvalue weighted by molar-refractivity contribution is 0.260. The number of fused-ring (bicyclic) bond motifs is 2. The zero-order valence-corrected chi connectivity index (χ0v) is 14.1. The SMILES string of the molecule is N[S@](=O)(=NC(=O)Nc1c2c(cc3c1CCC3)CCC2)C1CCC1. The minimum absolute atomic E-state index is 0.125. The highest BCUT2D eigenvalue weighted by Crippen LogP contribution is 2.38. The van der Waals surface area contributed by atoms with Crippen LogP contribution in [0.4, 0.5) is 10.5 Å². The molecule has 0 radical (unpaired) electrons. The highest BCUT2D eigenvalue weighted by atomic mass is 32.2. The molecule has 1 aromatic rings. The van der Waals surface area contributed by atoms with Crippen LogP contribution in [0.5, 0.6) is 0 Å². The van der Waals surface area contributed by atoms with Crippen LogP contribution in [-0.2, 0) is 35.6 Å². The van der Waals surface area contributed by atoms with Gasteiger partial charge in [0.15, 0.2) is 0 Å². The zero-order chi connectivity index (χ0) is 16.0. The van der Waals surface area contributed by atoms with Crippen molar-refractivity contribution < 1.29 is 9.00 Å². The molecule has 6 heteroatoms. The zero-order valence-electron chi connectivity index (χ0n) is 13.3. The van der Waals surface area contributed by atoms with Crippen molar-refractivity contribution in [3.63, 3.8) is 0 Å². The molecule has 0 aliphatic heterocycles. The first kappa shape index (κ1) is 15.1. The van der Waals surface area contributed by atoms with Gasteiger partial charge < -0.3 is 5.32 Å². The van der Waals surface area contributed by atoms with Crippen molar-refractivity contribution in [1.82, 2.24) is 0 Å². The fraction of sp³-hybridized carbons (Fsp3) is 0.588. The number of nitrogens with two attached hydrogens (primary N) is 1. The first-order valence-electron chi connectivity index (χ1n) is 8.56. The first-order valence-corrected chi connectivity index (χ1v) is 10.2. The maximum atomic E-state index is 12.4. The third-order valence-corrected chi connectivity index (χ3v) is 7.34. The Balaban J connectivity index is 1.66. The lowest BCUT2D eigenvalue weighted by atomic mass is 9.99. The molecule has 1 aromatic carbocycles. The highest BCUT2D eigenvalue weighted by Gasteiger charge is 2.29. The second-order valence-corrected chi connectivity index (χ2v) is 9.00. The smallest absolute Gasteiger partial charge is 0.305 e. The van der Waals surface area contributed by atoms with Gasteiger partial charge in [0.25, 0.3) is 0 Å². The standard InChI is InChI=1S/C17H23N3O2S/c18-23(22,13-6-3-7-13)20-17(21)19-16-14-8-1-4-11(14)10-12-5-2-9-15(12)16/h10,13H,1-9H2,(H3,18,19,20,21,22)/t23-/m0/s1. The second kappa shape index (κ2) is 5.60.